The van der Waals surface area contributed by atoms with Crippen LogP contribution in [0.5, 0.6) is 0 Å². The molecule has 0 unspecified atom stereocenters. The van der Waals surface area contributed by atoms with E-state index >= 15 is 0 Å². The van der Waals surface area contributed by atoms with E-state index in [1.54, 1.807) is 12.1 Å². The number of thiazole rings is 1. The van der Waals surface area contributed by atoms with Crippen LogP contribution in [0.1, 0.15) is 41.0 Å². The molecule has 9 heteroatoms. The molecule has 0 radical (unpaired) electrons. The number of nitrogens with zero attached hydrogens (tertiary/aromatic N) is 2. The van der Waals surface area contributed by atoms with Crippen LogP contribution < -0.4 is 10.2 Å². The summed E-state index contributed by atoms with van der Waals surface area (Å²) in [7, 11) is 1.89. The summed E-state index contributed by atoms with van der Waals surface area (Å²) in [5.41, 5.74) is 1.50. The number of amides is 1. The van der Waals surface area contributed by atoms with Gasteiger partial charge in [-0.1, -0.05) is 6.07 Å². The molecule has 1 heterocycles. The molecule has 1 fully saturated rings. The minimum Gasteiger partial charge on any atom is -0.370 e. The summed E-state index contributed by atoms with van der Waals surface area (Å²) in [6.45, 7) is 0. The lowest BCUT2D eigenvalue weighted by Gasteiger charge is -2.36. The van der Waals surface area contributed by atoms with E-state index in [0.29, 0.717) is 27.1 Å². The standard InChI is InChI=1S/C22H21F4N3OS/c1-29(18-4-2-3-17-19(18)31-21(28-17)22(24,25)26)16-11-9-15(10-12-16)27-20(30)13-5-7-14(23)8-6-13/h2-8,15-16H,9-12H2,1H3,(H,27,30). The third kappa shape index (κ3) is 4.66. The largest absolute Gasteiger partial charge is 0.443 e. The van der Waals surface area contributed by atoms with Gasteiger partial charge in [0, 0.05) is 24.7 Å². The zero-order valence-corrected chi connectivity index (χ0v) is 17.6. The van der Waals surface area contributed by atoms with Crippen molar-refractivity contribution in [3.05, 3.63) is 58.9 Å². The maximum absolute atomic E-state index is 13.1. The number of alkyl halides is 3. The summed E-state index contributed by atoms with van der Waals surface area (Å²) in [4.78, 5) is 18.1. The highest BCUT2D eigenvalue weighted by Crippen LogP contribution is 2.40. The van der Waals surface area contributed by atoms with Gasteiger partial charge in [-0.15, -0.1) is 11.3 Å². The number of hydrogen-bond acceptors (Lipinski definition) is 4. The van der Waals surface area contributed by atoms with Crippen molar-refractivity contribution in [2.45, 2.75) is 43.9 Å². The van der Waals surface area contributed by atoms with Crippen LogP contribution in [0, 0.1) is 5.82 Å². The molecule has 164 valence electrons. The summed E-state index contributed by atoms with van der Waals surface area (Å²) in [6, 6.07) is 10.7. The zero-order chi connectivity index (χ0) is 22.2. The van der Waals surface area contributed by atoms with Gasteiger partial charge in [-0.3, -0.25) is 4.79 Å². The van der Waals surface area contributed by atoms with Gasteiger partial charge in [0.05, 0.1) is 15.9 Å². The minimum absolute atomic E-state index is 0.0123. The number of carbonyl (C=O) groups is 1. The van der Waals surface area contributed by atoms with Gasteiger partial charge in [0.25, 0.3) is 5.91 Å². The second kappa shape index (κ2) is 8.45. The Labute approximate surface area is 180 Å². The van der Waals surface area contributed by atoms with Gasteiger partial charge in [-0.25, -0.2) is 9.37 Å². The van der Waals surface area contributed by atoms with E-state index in [-0.39, 0.29) is 18.0 Å². The van der Waals surface area contributed by atoms with E-state index < -0.39 is 17.0 Å². The van der Waals surface area contributed by atoms with E-state index in [4.69, 9.17) is 0 Å². The first-order chi connectivity index (χ1) is 14.7. The predicted molar refractivity (Wildman–Crippen MR) is 113 cm³/mol. The molecule has 1 aliphatic carbocycles. The van der Waals surface area contributed by atoms with E-state index in [1.807, 2.05) is 18.0 Å². The molecule has 4 rings (SSSR count). The minimum atomic E-state index is -4.46. The van der Waals surface area contributed by atoms with Gasteiger partial charge in [-0.05, 0) is 62.1 Å². The number of rotatable bonds is 4. The van der Waals surface area contributed by atoms with Gasteiger partial charge in [0.1, 0.15) is 5.82 Å². The molecular weight excluding hydrogens is 430 g/mol. The van der Waals surface area contributed by atoms with Crippen molar-refractivity contribution in [1.82, 2.24) is 10.3 Å². The molecule has 0 saturated heterocycles. The summed E-state index contributed by atoms with van der Waals surface area (Å²) >= 11 is 0.669. The molecule has 1 aromatic heterocycles. The molecule has 31 heavy (non-hydrogen) atoms. The average molecular weight is 451 g/mol. The maximum Gasteiger partial charge on any atom is 0.443 e. The Balaban J connectivity index is 1.41. The number of anilines is 1. The molecule has 0 bridgehead atoms. The van der Waals surface area contributed by atoms with Crippen LogP contribution >= 0.6 is 11.3 Å². The molecule has 0 aliphatic heterocycles. The normalized spacial score (nSPS) is 19.4. The fraction of sp³-hybridized carbons (Fsp3) is 0.364. The number of nitrogens with one attached hydrogen (secondary N) is 1. The number of benzene rings is 2. The molecule has 1 N–H and O–H groups in total. The number of hydrogen-bond donors (Lipinski definition) is 1. The quantitative estimate of drug-likeness (QED) is 0.523. The Morgan fingerprint density at radius 2 is 1.77 bits per heavy atom. The second-order valence-corrected chi connectivity index (χ2v) is 8.74. The summed E-state index contributed by atoms with van der Waals surface area (Å²) < 4.78 is 52.8. The van der Waals surface area contributed by atoms with Crippen molar-refractivity contribution in [3.63, 3.8) is 0 Å². The van der Waals surface area contributed by atoms with Crippen LogP contribution in [0.4, 0.5) is 23.2 Å². The Morgan fingerprint density at radius 1 is 1.10 bits per heavy atom. The molecule has 2 aromatic carbocycles. The number of fused-ring (bicyclic) bond motifs is 1. The Morgan fingerprint density at radius 3 is 2.42 bits per heavy atom. The molecule has 3 aromatic rings. The van der Waals surface area contributed by atoms with Gasteiger partial charge in [0.15, 0.2) is 5.01 Å². The lowest BCUT2D eigenvalue weighted by molar-refractivity contribution is -0.137. The van der Waals surface area contributed by atoms with E-state index in [1.165, 1.54) is 24.3 Å². The topological polar surface area (TPSA) is 45.2 Å². The van der Waals surface area contributed by atoms with Crippen LogP contribution in [0.3, 0.4) is 0 Å². The van der Waals surface area contributed by atoms with Gasteiger partial charge >= 0.3 is 6.18 Å². The summed E-state index contributed by atoms with van der Waals surface area (Å²) in [5.74, 6) is -0.621. The molecule has 1 aliphatic rings. The van der Waals surface area contributed by atoms with Crippen LogP contribution in [-0.2, 0) is 6.18 Å². The zero-order valence-electron chi connectivity index (χ0n) is 16.7. The van der Waals surface area contributed by atoms with Crippen molar-refractivity contribution < 1.29 is 22.4 Å². The van der Waals surface area contributed by atoms with Crippen LogP contribution in [-0.4, -0.2) is 30.0 Å². The van der Waals surface area contributed by atoms with Gasteiger partial charge in [0.2, 0.25) is 0 Å². The molecule has 4 nitrogen and oxygen atoms in total. The van der Waals surface area contributed by atoms with Crippen LogP contribution in [0.2, 0.25) is 0 Å². The molecule has 0 spiro atoms. The third-order valence-corrected chi connectivity index (χ3v) is 6.84. The van der Waals surface area contributed by atoms with E-state index in [0.717, 1.165) is 31.4 Å². The van der Waals surface area contributed by atoms with Crippen molar-refractivity contribution in [3.8, 4) is 0 Å². The first-order valence-electron chi connectivity index (χ1n) is 9.98. The smallest absolute Gasteiger partial charge is 0.370 e. The lowest BCUT2D eigenvalue weighted by atomic mass is 9.90. The molecule has 0 atom stereocenters. The Hall–Kier alpha value is -2.68. The summed E-state index contributed by atoms with van der Waals surface area (Å²) in [6.07, 6.45) is -1.35. The molecular formula is C22H21F4N3OS. The van der Waals surface area contributed by atoms with Crippen molar-refractivity contribution in [1.29, 1.82) is 0 Å². The fourth-order valence-corrected chi connectivity index (χ4v) is 5.00. The van der Waals surface area contributed by atoms with Gasteiger partial charge in [-0.2, -0.15) is 13.2 Å². The SMILES string of the molecule is CN(c1cccc2nc(C(F)(F)F)sc12)C1CCC(NC(=O)c2ccc(F)cc2)CC1. The Kier molecular flexibility index (Phi) is 5.88. The summed E-state index contributed by atoms with van der Waals surface area (Å²) in [5, 5.41) is 2.15. The maximum atomic E-state index is 13.1. The van der Waals surface area contributed by atoms with Crippen molar-refractivity contribution in [2.24, 2.45) is 0 Å². The Bertz CT molecular complexity index is 1070. The highest BCUT2D eigenvalue weighted by molar-refractivity contribution is 7.19. The second-order valence-electron chi connectivity index (χ2n) is 7.74. The van der Waals surface area contributed by atoms with Gasteiger partial charge < -0.3 is 10.2 Å². The highest BCUT2D eigenvalue weighted by Gasteiger charge is 2.35. The average Bonchev–Trinajstić information content (AvgIpc) is 3.19. The van der Waals surface area contributed by atoms with E-state index in [2.05, 4.69) is 10.3 Å². The highest BCUT2D eigenvalue weighted by atomic mass is 32.1. The first kappa shape index (κ1) is 21.5. The predicted octanol–water partition coefficient (Wildman–Crippen LogP) is 5.63. The van der Waals surface area contributed by atoms with E-state index in [9.17, 15) is 22.4 Å². The third-order valence-electron chi connectivity index (χ3n) is 5.70. The van der Waals surface area contributed by atoms with Crippen molar-refractivity contribution in [2.75, 3.05) is 11.9 Å². The first-order valence-corrected chi connectivity index (χ1v) is 10.8. The molecule has 1 saturated carbocycles. The van der Waals surface area contributed by atoms with Crippen LogP contribution in [0.15, 0.2) is 42.5 Å². The number of halogens is 4. The molecule has 1 amide bonds. The van der Waals surface area contributed by atoms with Crippen LogP contribution in [0.25, 0.3) is 10.2 Å². The monoisotopic (exact) mass is 451 g/mol. The lowest BCUT2D eigenvalue weighted by Crippen LogP contribution is -2.42. The number of aromatic nitrogens is 1. The number of carbonyl (C=O) groups excluding carboxylic acids is 1. The fourth-order valence-electron chi connectivity index (χ4n) is 4.01. The van der Waals surface area contributed by atoms with Crippen molar-refractivity contribution >= 4 is 33.1 Å².